The van der Waals surface area contributed by atoms with Gasteiger partial charge in [0.15, 0.2) is 0 Å². The summed E-state index contributed by atoms with van der Waals surface area (Å²) in [6.45, 7) is 4.89. The number of nitrogens with zero attached hydrogens (tertiary/aromatic N) is 1. The Morgan fingerprint density at radius 3 is 2.38 bits per heavy atom. The average Bonchev–Trinajstić information content (AvgIpc) is 3.22. The molecule has 4 fully saturated rings. The topological polar surface area (TPSA) is 70.0 Å². The maximum atomic E-state index is 13.3. The lowest BCUT2D eigenvalue weighted by Gasteiger charge is -2.61. The van der Waals surface area contributed by atoms with Crippen LogP contribution in [-0.2, 0) is 11.2 Å². The summed E-state index contributed by atoms with van der Waals surface area (Å²) in [5.41, 5.74) is 1.20. The second kappa shape index (κ2) is 10.1. The first-order valence-corrected chi connectivity index (χ1v) is 14.5. The molecule has 6 heteroatoms. The van der Waals surface area contributed by atoms with Crippen LogP contribution in [0.5, 0.6) is 0 Å². The third kappa shape index (κ3) is 4.82. The van der Waals surface area contributed by atoms with E-state index in [4.69, 9.17) is 4.74 Å². The minimum atomic E-state index is -0.836. The second-order valence-electron chi connectivity index (χ2n) is 13.4. The molecule has 0 heterocycles. The summed E-state index contributed by atoms with van der Waals surface area (Å²) in [5.74, 6) is 2.37. The van der Waals surface area contributed by atoms with E-state index in [9.17, 15) is 19.4 Å². The van der Waals surface area contributed by atoms with Crippen LogP contribution in [0.25, 0.3) is 0 Å². The van der Waals surface area contributed by atoms with Crippen LogP contribution in [0.1, 0.15) is 77.2 Å². The molecule has 1 amide bonds. The minimum absolute atomic E-state index is 0.0342. The lowest BCUT2D eigenvalue weighted by molar-refractivity contribution is -0.140. The molecule has 5 rings (SSSR count). The van der Waals surface area contributed by atoms with Crippen molar-refractivity contribution in [2.45, 2.75) is 96.4 Å². The summed E-state index contributed by atoms with van der Waals surface area (Å²) in [6.07, 6.45) is 8.42. The fourth-order valence-corrected chi connectivity index (χ4v) is 9.43. The lowest BCUT2D eigenvalue weighted by atomic mass is 9.44. The van der Waals surface area contributed by atoms with Crippen molar-refractivity contribution in [2.24, 2.45) is 40.4 Å². The Bertz CT molecular complexity index is 968. The van der Waals surface area contributed by atoms with Crippen LogP contribution in [0, 0.1) is 46.2 Å². The van der Waals surface area contributed by atoms with Crippen molar-refractivity contribution in [3.8, 4) is 0 Å². The minimum Gasteiger partial charge on any atom is -0.446 e. The SMILES string of the molecule is CN(C)C(=O)O[C@H]1CC[C@@]2(C)[C@@H](CC[C@@H]3[C@@H]2CC[C@]2(C)[C@@H]([C@H](O)[C@@H](O)Cc4ccc(F)cc4)CC[C@@H]32)C1. The number of benzene rings is 1. The summed E-state index contributed by atoms with van der Waals surface area (Å²) in [7, 11) is 3.49. The number of fused-ring (bicyclic) bond motifs is 5. The van der Waals surface area contributed by atoms with Gasteiger partial charge >= 0.3 is 6.09 Å². The van der Waals surface area contributed by atoms with E-state index in [-0.39, 0.29) is 29.3 Å². The number of amides is 1. The van der Waals surface area contributed by atoms with Gasteiger partial charge in [0.05, 0.1) is 12.2 Å². The second-order valence-corrected chi connectivity index (χ2v) is 13.4. The highest BCUT2D eigenvalue weighted by atomic mass is 19.1. The first-order chi connectivity index (χ1) is 17.5. The zero-order valence-electron chi connectivity index (χ0n) is 23.0. The molecule has 0 aromatic heterocycles. The molecule has 1 aromatic rings. The standard InChI is InChI=1S/C31H46FNO4/c1-30-15-13-22(37-29(36)33(3)4)18-20(30)7-10-23-24-11-12-26(31(24,2)16-14-25(23)30)28(35)27(34)17-19-5-8-21(32)9-6-19/h5-6,8-9,20,22-28,34-35H,7,10-18H2,1-4H3/t20-,22-,23-,24-,25-,26+,27-,28-,30-,31-/m0/s1. The molecule has 0 aliphatic heterocycles. The highest BCUT2D eigenvalue weighted by Crippen LogP contribution is 2.68. The highest BCUT2D eigenvalue weighted by Gasteiger charge is 2.61. The van der Waals surface area contributed by atoms with Gasteiger partial charge in [0.2, 0.25) is 0 Å². The van der Waals surface area contributed by atoms with Crippen LogP contribution in [0.3, 0.4) is 0 Å². The van der Waals surface area contributed by atoms with E-state index in [1.807, 2.05) is 0 Å². The number of carbonyl (C=O) groups is 1. The normalized spacial score (nSPS) is 40.6. The van der Waals surface area contributed by atoms with Crippen LogP contribution < -0.4 is 0 Å². The molecular weight excluding hydrogens is 469 g/mol. The van der Waals surface area contributed by atoms with E-state index in [1.54, 1.807) is 26.2 Å². The van der Waals surface area contributed by atoms with Gasteiger partial charge in [0, 0.05) is 20.5 Å². The highest BCUT2D eigenvalue weighted by molar-refractivity contribution is 5.67. The van der Waals surface area contributed by atoms with Crippen LogP contribution >= 0.6 is 0 Å². The zero-order valence-corrected chi connectivity index (χ0v) is 23.0. The number of rotatable bonds is 5. The maximum Gasteiger partial charge on any atom is 0.409 e. The Morgan fingerprint density at radius 1 is 1.00 bits per heavy atom. The third-order valence-corrected chi connectivity index (χ3v) is 11.5. The summed E-state index contributed by atoms with van der Waals surface area (Å²) in [5, 5.41) is 22.3. The quantitative estimate of drug-likeness (QED) is 0.519. The largest absolute Gasteiger partial charge is 0.446 e. The Labute approximate surface area is 221 Å². The smallest absolute Gasteiger partial charge is 0.409 e. The van der Waals surface area contributed by atoms with Crippen molar-refractivity contribution in [3.63, 3.8) is 0 Å². The Kier molecular flexibility index (Phi) is 7.38. The molecular formula is C31H46FNO4. The molecule has 0 spiro atoms. The van der Waals surface area contributed by atoms with Crippen LogP contribution in [0.15, 0.2) is 24.3 Å². The number of aliphatic hydroxyl groups is 2. The van der Waals surface area contributed by atoms with E-state index >= 15 is 0 Å². The van der Waals surface area contributed by atoms with E-state index in [0.29, 0.717) is 35.5 Å². The molecule has 2 N–H and O–H groups in total. The van der Waals surface area contributed by atoms with Gasteiger partial charge in [0.25, 0.3) is 0 Å². The Hall–Kier alpha value is -1.66. The molecule has 37 heavy (non-hydrogen) atoms. The van der Waals surface area contributed by atoms with Crippen molar-refractivity contribution in [1.29, 1.82) is 0 Å². The molecule has 0 bridgehead atoms. The fraction of sp³-hybridized carbons (Fsp3) is 0.774. The van der Waals surface area contributed by atoms with Gasteiger partial charge < -0.3 is 19.8 Å². The lowest BCUT2D eigenvalue weighted by Crippen LogP contribution is -2.55. The van der Waals surface area contributed by atoms with Crippen molar-refractivity contribution in [3.05, 3.63) is 35.6 Å². The fourth-order valence-electron chi connectivity index (χ4n) is 9.43. The van der Waals surface area contributed by atoms with Gasteiger partial charge in [-0.25, -0.2) is 9.18 Å². The number of aliphatic hydroxyl groups excluding tert-OH is 2. The van der Waals surface area contributed by atoms with Crippen LogP contribution in [0.4, 0.5) is 9.18 Å². The van der Waals surface area contributed by atoms with Gasteiger partial charge in [-0.05, 0) is 116 Å². The molecule has 5 nitrogen and oxygen atoms in total. The molecule has 1 aromatic carbocycles. The third-order valence-electron chi connectivity index (χ3n) is 11.5. The molecule has 206 valence electrons. The summed E-state index contributed by atoms with van der Waals surface area (Å²) < 4.78 is 19.1. The first kappa shape index (κ1) is 26.9. The van der Waals surface area contributed by atoms with E-state index in [0.717, 1.165) is 44.1 Å². The predicted octanol–water partition coefficient (Wildman–Crippen LogP) is 5.82. The molecule has 0 saturated heterocycles. The number of hydrogen-bond donors (Lipinski definition) is 2. The Morgan fingerprint density at radius 2 is 1.68 bits per heavy atom. The van der Waals surface area contributed by atoms with Crippen LogP contribution in [-0.4, -0.2) is 53.6 Å². The number of hydrogen-bond acceptors (Lipinski definition) is 4. The number of carbonyl (C=O) groups excluding carboxylic acids is 1. The van der Waals surface area contributed by atoms with Gasteiger partial charge in [0.1, 0.15) is 11.9 Å². The van der Waals surface area contributed by atoms with Crippen molar-refractivity contribution in [1.82, 2.24) is 4.90 Å². The molecule has 10 atom stereocenters. The summed E-state index contributed by atoms with van der Waals surface area (Å²) >= 11 is 0. The molecule has 4 aliphatic carbocycles. The van der Waals surface area contributed by atoms with Crippen LogP contribution in [0.2, 0.25) is 0 Å². The molecule has 0 unspecified atom stereocenters. The number of halogens is 1. The number of ether oxygens (including phenoxy) is 1. The zero-order chi connectivity index (χ0) is 26.5. The van der Waals surface area contributed by atoms with Crippen molar-refractivity contribution >= 4 is 6.09 Å². The van der Waals surface area contributed by atoms with Gasteiger partial charge in [-0.1, -0.05) is 26.0 Å². The summed E-state index contributed by atoms with van der Waals surface area (Å²) in [4.78, 5) is 13.7. The van der Waals surface area contributed by atoms with E-state index in [1.165, 1.54) is 36.3 Å². The van der Waals surface area contributed by atoms with Crippen molar-refractivity contribution < 1.29 is 24.1 Å². The first-order valence-electron chi connectivity index (χ1n) is 14.5. The van der Waals surface area contributed by atoms with Gasteiger partial charge in [-0.2, -0.15) is 0 Å². The van der Waals surface area contributed by atoms with E-state index < -0.39 is 12.2 Å². The van der Waals surface area contributed by atoms with Gasteiger partial charge in [-0.3, -0.25) is 0 Å². The monoisotopic (exact) mass is 515 g/mol. The molecule has 4 aliphatic rings. The maximum absolute atomic E-state index is 13.3. The molecule has 4 saturated carbocycles. The molecule has 0 radical (unpaired) electrons. The predicted molar refractivity (Wildman–Crippen MR) is 141 cm³/mol. The van der Waals surface area contributed by atoms with Crippen molar-refractivity contribution in [2.75, 3.05) is 14.1 Å². The van der Waals surface area contributed by atoms with E-state index in [2.05, 4.69) is 13.8 Å². The van der Waals surface area contributed by atoms with Gasteiger partial charge in [-0.15, -0.1) is 0 Å². The summed E-state index contributed by atoms with van der Waals surface area (Å²) in [6, 6.07) is 6.23. The Balaban J connectivity index is 1.25. The average molecular weight is 516 g/mol.